The van der Waals surface area contributed by atoms with E-state index in [2.05, 4.69) is 14.8 Å². The van der Waals surface area contributed by atoms with Crippen molar-refractivity contribution < 1.29 is 26.3 Å². The van der Waals surface area contributed by atoms with E-state index in [1.807, 2.05) is 0 Å². The lowest BCUT2D eigenvalue weighted by atomic mass is 10.1. The van der Waals surface area contributed by atoms with E-state index < -0.39 is 21.9 Å². The number of hydrogen-bond acceptors (Lipinski definition) is 5. The Morgan fingerprint density at radius 3 is 2.37 bits per heavy atom. The second-order valence-corrected chi connectivity index (χ2v) is 8.40. The van der Waals surface area contributed by atoms with Gasteiger partial charge in [-0.1, -0.05) is 24.3 Å². The third kappa shape index (κ3) is 4.97. The van der Waals surface area contributed by atoms with Crippen molar-refractivity contribution in [3.63, 3.8) is 0 Å². The van der Waals surface area contributed by atoms with Crippen LogP contribution in [0.5, 0.6) is 5.88 Å². The molecular formula is C19H19F3N4O3S. The molecule has 0 unspecified atom stereocenters. The van der Waals surface area contributed by atoms with E-state index in [9.17, 15) is 21.6 Å². The number of aryl methyl sites for hydroxylation is 1. The molecule has 160 valence electrons. The normalized spacial score (nSPS) is 12.2. The van der Waals surface area contributed by atoms with Crippen LogP contribution in [-0.4, -0.2) is 43.1 Å². The minimum Gasteiger partial charge on any atom is -0.481 e. The predicted octanol–water partition coefficient (Wildman–Crippen LogP) is 3.05. The number of halogens is 3. The van der Waals surface area contributed by atoms with Crippen molar-refractivity contribution >= 4 is 10.0 Å². The van der Waals surface area contributed by atoms with Gasteiger partial charge in [0, 0.05) is 11.6 Å². The minimum absolute atomic E-state index is 0.0868. The largest absolute Gasteiger partial charge is 0.481 e. The van der Waals surface area contributed by atoms with Crippen LogP contribution in [0.2, 0.25) is 0 Å². The number of sulfonamides is 1. The maximum Gasteiger partial charge on any atom is 0.435 e. The number of hydrogen-bond donors (Lipinski definition) is 1. The highest BCUT2D eigenvalue weighted by Gasteiger charge is 2.35. The molecule has 1 N–H and O–H groups in total. The Bertz CT molecular complexity index is 1110. The van der Waals surface area contributed by atoms with Gasteiger partial charge < -0.3 is 4.74 Å². The summed E-state index contributed by atoms with van der Waals surface area (Å²) in [6, 6.07) is 10.7. The van der Waals surface area contributed by atoms with Crippen molar-refractivity contribution in [3.8, 4) is 22.8 Å². The van der Waals surface area contributed by atoms with E-state index in [-0.39, 0.29) is 17.9 Å². The summed E-state index contributed by atoms with van der Waals surface area (Å²) >= 11 is 0. The maximum absolute atomic E-state index is 13.3. The maximum atomic E-state index is 13.3. The van der Waals surface area contributed by atoms with Crippen LogP contribution in [0.25, 0.3) is 16.9 Å². The van der Waals surface area contributed by atoms with Crippen LogP contribution >= 0.6 is 0 Å². The Morgan fingerprint density at radius 2 is 1.83 bits per heavy atom. The Morgan fingerprint density at radius 1 is 1.13 bits per heavy atom. The fraction of sp³-hybridized carbons (Fsp3) is 0.263. The molecule has 3 rings (SSSR count). The average molecular weight is 440 g/mol. The number of alkyl halides is 3. The number of methoxy groups -OCH3 is 1. The van der Waals surface area contributed by atoms with Crippen molar-refractivity contribution in [1.82, 2.24) is 19.5 Å². The zero-order valence-corrected chi connectivity index (χ0v) is 17.0. The molecule has 0 bridgehead atoms. The molecular weight excluding hydrogens is 421 g/mol. The third-order valence-electron chi connectivity index (χ3n) is 4.39. The molecule has 1 aromatic carbocycles. The van der Waals surface area contributed by atoms with Crippen LogP contribution in [0.1, 0.15) is 11.3 Å². The van der Waals surface area contributed by atoms with Gasteiger partial charge in [-0.15, -0.1) is 0 Å². The number of pyridine rings is 1. The third-order valence-corrected chi connectivity index (χ3v) is 5.76. The van der Waals surface area contributed by atoms with Crippen LogP contribution in [0.3, 0.4) is 0 Å². The standard InChI is InChI=1S/C19H19F3N4O3S/c1-23-30(27,28)10-9-13-3-5-14(6-4-13)16-11-17(19(20,21)22)25-26(16)15-7-8-18(29-2)24-12-15/h3-8,11-12,23H,9-10H2,1-2H3. The predicted molar refractivity (Wildman–Crippen MR) is 105 cm³/mol. The van der Waals surface area contributed by atoms with Crippen LogP contribution in [0.4, 0.5) is 13.2 Å². The van der Waals surface area contributed by atoms with Gasteiger partial charge in [-0.2, -0.15) is 18.3 Å². The average Bonchev–Trinajstić information content (AvgIpc) is 3.19. The zero-order valence-electron chi connectivity index (χ0n) is 16.1. The van der Waals surface area contributed by atoms with E-state index in [0.29, 0.717) is 17.1 Å². The van der Waals surface area contributed by atoms with Crippen LogP contribution < -0.4 is 9.46 Å². The highest BCUT2D eigenvalue weighted by molar-refractivity contribution is 7.89. The summed E-state index contributed by atoms with van der Waals surface area (Å²) in [5.41, 5.74) is 0.770. The molecule has 3 aromatic rings. The number of rotatable bonds is 7. The van der Waals surface area contributed by atoms with Gasteiger partial charge in [0.15, 0.2) is 5.69 Å². The molecule has 0 aliphatic carbocycles. The lowest BCUT2D eigenvalue weighted by Gasteiger charge is -2.09. The molecule has 0 fully saturated rings. The van der Waals surface area contributed by atoms with Gasteiger partial charge in [0.2, 0.25) is 15.9 Å². The lowest BCUT2D eigenvalue weighted by Crippen LogP contribution is -2.23. The summed E-state index contributed by atoms with van der Waals surface area (Å²) in [6.45, 7) is 0. The molecule has 0 aliphatic rings. The fourth-order valence-electron chi connectivity index (χ4n) is 2.74. The SMILES string of the molecule is CNS(=O)(=O)CCc1ccc(-c2cc(C(F)(F)F)nn2-c2ccc(OC)nc2)cc1. The molecule has 0 amide bonds. The monoisotopic (exact) mass is 440 g/mol. The number of aromatic nitrogens is 3. The second-order valence-electron chi connectivity index (χ2n) is 6.35. The second kappa shape index (κ2) is 8.44. The van der Waals surface area contributed by atoms with Crippen LogP contribution in [-0.2, 0) is 22.6 Å². The molecule has 2 heterocycles. The number of nitrogens with zero attached hydrogens (tertiary/aromatic N) is 3. The summed E-state index contributed by atoms with van der Waals surface area (Å²) in [6.07, 6.45) is -2.97. The number of nitrogens with one attached hydrogen (secondary N) is 1. The highest BCUT2D eigenvalue weighted by atomic mass is 32.2. The first-order valence-corrected chi connectivity index (χ1v) is 10.5. The number of benzene rings is 1. The quantitative estimate of drug-likeness (QED) is 0.610. The molecule has 7 nitrogen and oxygen atoms in total. The van der Waals surface area contributed by atoms with E-state index >= 15 is 0 Å². The summed E-state index contributed by atoms with van der Waals surface area (Å²) in [5.74, 6) is 0.237. The van der Waals surface area contributed by atoms with E-state index in [1.165, 1.54) is 26.4 Å². The Balaban J connectivity index is 1.96. The molecule has 0 atom stereocenters. The topological polar surface area (TPSA) is 86.1 Å². The summed E-state index contributed by atoms with van der Waals surface area (Å²) in [7, 11) is -0.572. The van der Waals surface area contributed by atoms with E-state index in [4.69, 9.17) is 4.74 Å². The summed E-state index contributed by atoms with van der Waals surface area (Å²) in [5, 5.41) is 3.71. The molecule has 0 aliphatic heterocycles. The van der Waals surface area contributed by atoms with Gasteiger partial charge in [-0.05, 0) is 31.2 Å². The molecule has 0 spiro atoms. The molecule has 0 saturated carbocycles. The Hall–Kier alpha value is -2.92. The van der Waals surface area contributed by atoms with Gasteiger partial charge in [-0.25, -0.2) is 22.8 Å². The van der Waals surface area contributed by atoms with Crippen LogP contribution in [0.15, 0.2) is 48.7 Å². The van der Waals surface area contributed by atoms with Crippen molar-refractivity contribution in [2.24, 2.45) is 0 Å². The fourth-order valence-corrected chi connectivity index (χ4v) is 3.45. The van der Waals surface area contributed by atoms with Gasteiger partial charge in [-0.3, -0.25) is 0 Å². The van der Waals surface area contributed by atoms with Crippen molar-refractivity contribution in [2.45, 2.75) is 12.6 Å². The molecule has 30 heavy (non-hydrogen) atoms. The van der Waals surface area contributed by atoms with Gasteiger partial charge in [0.25, 0.3) is 0 Å². The highest BCUT2D eigenvalue weighted by Crippen LogP contribution is 2.33. The smallest absolute Gasteiger partial charge is 0.435 e. The van der Waals surface area contributed by atoms with Gasteiger partial charge >= 0.3 is 6.18 Å². The van der Waals surface area contributed by atoms with E-state index in [1.54, 1.807) is 30.3 Å². The molecule has 0 radical (unpaired) electrons. The summed E-state index contributed by atoms with van der Waals surface area (Å²) < 4.78 is 71.3. The van der Waals surface area contributed by atoms with Crippen LogP contribution in [0, 0.1) is 0 Å². The van der Waals surface area contributed by atoms with Crippen molar-refractivity contribution in [3.05, 3.63) is 59.9 Å². The summed E-state index contributed by atoms with van der Waals surface area (Å²) in [4.78, 5) is 4.02. The minimum atomic E-state index is -4.61. The van der Waals surface area contributed by atoms with Gasteiger partial charge in [0.05, 0.1) is 30.4 Å². The Labute approximate surface area is 171 Å². The first-order chi connectivity index (χ1) is 14.1. The zero-order chi connectivity index (χ0) is 21.9. The number of ether oxygens (including phenoxy) is 1. The molecule has 11 heteroatoms. The Kier molecular flexibility index (Phi) is 6.13. The first-order valence-electron chi connectivity index (χ1n) is 8.81. The van der Waals surface area contributed by atoms with E-state index in [0.717, 1.165) is 16.3 Å². The lowest BCUT2D eigenvalue weighted by molar-refractivity contribution is -0.141. The first kappa shape index (κ1) is 21.8. The molecule has 2 aromatic heterocycles. The van der Waals surface area contributed by atoms with Crippen molar-refractivity contribution in [1.29, 1.82) is 0 Å². The van der Waals surface area contributed by atoms with Gasteiger partial charge in [0.1, 0.15) is 0 Å². The molecule has 0 saturated heterocycles. The van der Waals surface area contributed by atoms with Crippen molar-refractivity contribution in [2.75, 3.05) is 19.9 Å².